The molecule has 148 valence electrons. The zero-order chi connectivity index (χ0) is 20.7. The number of aromatic nitrogens is 1. The third kappa shape index (κ3) is 3.19. The van der Waals surface area contributed by atoms with E-state index in [0.29, 0.717) is 16.9 Å². The van der Waals surface area contributed by atoms with Gasteiger partial charge in [-0.1, -0.05) is 0 Å². The molecule has 2 aromatic rings. The van der Waals surface area contributed by atoms with Crippen molar-refractivity contribution in [3.8, 4) is 5.88 Å². The highest BCUT2D eigenvalue weighted by molar-refractivity contribution is 5.93. The fraction of sp³-hybridized carbons (Fsp3) is 0.300. The molecular formula is C20H19F3N2O3. The number of rotatable bonds is 4. The third-order valence-electron chi connectivity index (χ3n) is 4.59. The van der Waals surface area contributed by atoms with Crippen LogP contribution in [0.5, 0.6) is 5.88 Å². The number of carbonyl (C=O) groups is 1. The minimum Gasteiger partial charge on any atom is -0.478 e. The van der Waals surface area contributed by atoms with Gasteiger partial charge in [0.1, 0.15) is 0 Å². The number of allylic oxidation sites excluding steroid dienone is 1. The van der Waals surface area contributed by atoms with Gasteiger partial charge < -0.3 is 15.2 Å². The molecule has 2 heterocycles. The Morgan fingerprint density at radius 3 is 2.54 bits per heavy atom. The van der Waals surface area contributed by atoms with E-state index in [-0.39, 0.29) is 28.7 Å². The molecule has 0 aliphatic carbocycles. The van der Waals surface area contributed by atoms with Gasteiger partial charge in [0.2, 0.25) is 5.88 Å². The van der Waals surface area contributed by atoms with Crippen molar-refractivity contribution in [2.75, 3.05) is 5.32 Å². The van der Waals surface area contributed by atoms with Crippen molar-refractivity contribution in [2.24, 2.45) is 0 Å². The molecule has 0 saturated heterocycles. The lowest BCUT2D eigenvalue weighted by Crippen LogP contribution is -2.25. The summed E-state index contributed by atoms with van der Waals surface area (Å²) in [6.07, 6.45) is 1.21. The Hall–Kier alpha value is -3.03. The lowest BCUT2D eigenvalue weighted by molar-refractivity contribution is -0.133. The number of halogens is 3. The van der Waals surface area contributed by atoms with Crippen molar-refractivity contribution in [1.29, 1.82) is 0 Å². The number of anilines is 1. The molecule has 3 rings (SSSR count). The molecule has 0 saturated carbocycles. The van der Waals surface area contributed by atoms with Crippen LogP contribution in [0.1, 0.15) is 43.4 Å². The topological polar surface area (TPSA) is 71.5 Å². The molecule has 0 amide bonds. The predicted molar refractivity (Wildman–Crippen MR) is 96.9 cm³/mol. The average Bonchev–Trinajstić information content (AvgIpc) is 2.61. The number of hydrogen-bond donors (Lipinski definition) is 2. The first-order valence-electron chi connectivity index (χ1n) is 8.64. The summed E-state index contributed by atoms with van der Waals surface area (Å²) in [7, 11) is 0. The second-order valence-corrected chi connectivity index (χ2v) is 6.85. The Bertz CT molecular complexity index is 1000. The molecule has 1 aliphatic rings. The summed E-state index contributed by atoms with van der Waals surface area (Å²) in [6.45, 7) is 6.37. The first-order valence-corrected chi connectivity index (χ1v) is 8.64. The maximum atomic E-state index is 14.3. The van der Waals surface area contributed by atoms with E-state index in [0.717, 1.165) is 6.07 Å². The van der Waals surface area contributed by atoms with Gasteiger partial charge in [-0.15, -0.1) is 0 Å². The van der Waals surface area contributed by atoms with E-state index >= 15 is 0 Å². The number of nitrogens with one attached hydrogen (secondary N) is 1. The molecular weight excluding hydrogens is 373 g/mol. The molecule has 1 aromatic heterocycles. The van der Waals surface area contributed by atoms with Gasteiger partial charge in [-0.3, -0.25) is 0 Å². The molecule has 28 heavy (non-hydrogen) atoms. The highest BCUT2D eigenvalue weighted by Gasteiger charge is 2.37. The summed E-state index contributed by atoms with van der Waals surface area (Å²) in [4.78, 5) is 16.2. The first kappa shape index (κ1) is 19.7. The van der Waals surface area contributed by atoms with Crippen LogP contribution >= 0.6 is 0 Å². The molecule has 5 nitrogen and oxygen atoms in total. The SMILES string of the molecule is CC1=C(C(=O)O)C(c2cc(F)c(F)c(F)c2C)c2c(ccnc2OC(C)C)N1. The summed E-state index contributed by atoms with van der Waals surface area (Å²) in [5.74, 6) is -6.58. The van der Waals surface area contributed by atoms with E-state index in [1.807, 2.05) is 0 Å². The van der Waals surface area contributed by atoms with Gasteiger partial charge >= 0.3 is 5.97 Å². The van der Waals surface area contributed by atoms with Crippen LogP contribution in [0.4, 0.5) is 18.9 Å². The monoisotopic (exact) mass is 392 g/mol. The van der Waals surface area contributed by atoms with Gasteiger partial charge in [0, 0.05) is 23.1 Å². The van der Waals surface area contributed by atoms with Crippen LogP contribution in [-0.4, -0.2) is 22.2 Å². The number of benzene rings is 1. The molecule has 2 N–H and O–H groups in total. The second-order valence-electron chi connectivity index (χ2n) is 6.85. The highest BCUT2D eigenvalue weighted by atomic mass is 19.2. The molecule has 0 fully saturated rings. The van der Waals surface area contributed by atoms with Crippen molar-refractivity contribution in [3.05, 3.63) is 63.7 Å². The van der Waals surface area contributed by atoms with Gasteiger partial charge in [-0.2, -0.15) is 0 Å². The molecule has 0 bridgehead atoms. The molecule has 1 atom stereocenters. The van der Waals surface area contributed by atoms with E-state index in [1.54, 1.807) is 26.8 Å². The smallest absolute Gasteiger partial charge is 0.334 e. The lowest BCUT2D eigenvalue weighted by atomic mass is 9.79. The molecule has 8 heteroatoms. The summed E-state index contributed by atoms with van der Waals surface area (Å²) >= 11 is 0. The molecule has 1 unspecified atom stereocenters. The Kier molecular flexibility index (Phi) is 5.06. The maximum Gasteiger partial charge on any atom is 0.334 e. The van der Waals surface area contributed by atoms with Crippen molar-refractivity contribution < 1.29 is 27.8 Å². The first-order chi connectivity index (χ1) is 13.1. The quantitative estimate of drug-likeness (QED) is 0.749. The molecule has 0 spiro atoms. The fourth-order valence-corrected chi connectivity index (χ4v) is 3.39. The summed E-state index contributed by atoms with van der Waals surface area (Å²) in [5.41, 5.74) is 0.828. The van der Waals surface area contributed by atoms with E-state index in [9.17, 15) is 23.1 Å². The maximum absolute atomic E-state index is 14.3. The summed E-state index contributed by atoms with van der Waals surface area (Å²) in [5, 5.41) is 12.8. The number of ether oxygens (including phenoxy) is 1. The minimum atomic E-state index is -1.60. The number of aliphatic carboxylic acids is 1. The average molecular weight is 392 g/mol. The summed E-state index contributed by atoms with van der Waals surface area (Å²) in [6, 6.07) is 2.44. The Morgan fingerprint density at radius 1 is 1.25 bits per heavy atom. The van der Waals surface area contributed by atoms with Crippen molar-refractivity contribution in [1.82, 2.24) is 4.98 Å². The number of hydrogen-bond acceptors (Lipinski definition) is 4. The Labute approximate surface area is 159 Å². The normalized spacial score (nSPS) is 16.1. The van der Waals surface area contributed by atoms with Crippen LogP contribution in [-0.2, 0) is 4.79 Å². The number of pyridine rings is 1. The fourth-order valence-electron chi connectivity index (χ4n) is 3.39. The zero-order valence-corrected chi connectivity index (χ0v) is 15.7. The lowest BCUT2D eigenvalue weighted by Gasteiger charge is -2.31. The summed E-state index contributed by atoms with van der Waals surface area (Å²) < 4.78 is 47.7. The van der Waals surface area contributed by atoms with Crippen molar-refractivity contribution >= 4 is 11.7 Å². The molecule has 1 aliphatic heterocycles. The van der Waals surface area contributed by atoms with Gasteiger partial charge in [-0.25, -0.2) is 22.9 Å². The van der Waals surface area contributed by atoms with Crippen LogP contribution < -0.4 is 10.1 Å². The number of fused-ring (bicyclic) bond motifs is 1. The van der Waals surface area contributed by atoms with Crippen LogP contribution in [0.25, 0.3) is 0 Å². The zero-order valence-electron chi connectivity index (χ0n) is 15.7. The van der Waals surface area contributed by atoms with Crippen LogP contribution in [0.2, 0.25) is 0 Å². The van der Waals surface area contributed by atoms with E-state index in [2.05, 4.69) is 10.3 Å². The van der Waals surface area contributed by atoms with E-state index < -0.39 is 29.3 Å². The highest BCUT2D eigenvalue weighted by Crippen LogP contribution is 2.47. The third-order valence-corrected chi connectivity index (χ3v) is 4.59. The van der Waals surface area contributed by atoms with Crippen molar-refractivity contribution in [3.63, 3.8) is 0 Å². The molecule has 0 radical (unpaired) electrons. The van der Waals surface area contributed by atoms with Crippen LogP contribution in [0, 0.1) is 24.4 Å². The Morgan fingerprint density at radius 2 is 1.93 bits per heavy atom. The minimum absolute atomic E-state index is 0.00231. The van der Waals surface area contributed by atoms with Crippen LogP contribution in [0.15, 0.2) is 29.6 Å². The number of nitrogens with zero attached hydrogens (tertiary/aromatic N) is 1. The number of carboxylic acids is 1. The Balaban J connectivity index is 2.37. The van der Waals surface area contributed by atoms with Crippen molar-refractivity contribution in [2.45, 2.75) is 39.7 Å². The van der Waals surface area contributed by atoms with Gasteiger partial charge in [0.05, 0.1) is 17.6 Å². The largest absolute Gasteiger partial charge is 0.478 e. The number of carboxylic acid groups (broad SMARTS) is 1. The van der Waals surface area contributed by atoms with Gasteiger partial charge in [-0.05, 0) is 51.0 Å². The van der Waals surface area contributed by atoms with Gasteiger partial charge in [0.25, 0.3) is 0 Å². The van der Waals surface area contributed by atoms with Crippen LogP contribution in [0.3, 0.4) is 0 Å². The molecule has 1 aromatic carbocycles. The standard InChI is InChI=1S/C20H19F3N2O3/c1-8(2)28-19-16-13(5-6-24-19)25-10(4)14(20(26)27)15(16)11-7-12(21)18(23)17(22)9(11)3/h5-8,15,25H,1-4H3,(H,26,27). The van der Waals surface area contributed by atoms with Gasteiger partial charge in [0.15, 0.2) is 17.5 Å². The second kappa shape index (κ2) is 7.18. The predicted octanol–water partition coefficient (Wildman–Crippen LogP) is 4.51. The van der Waals surface area contributed by atoms with E-state index in [4.69, 9.17) is 4.74 Å². The van der Waals surface area contributed by atoms with E-state index in [1.165, 1.54) is 13.1 Å².